The molecule has 0 bridgehead atoms. The maximum atomic E-state index is 13.5. The van der Waals surface area contributed by atoms with E-state index in [1.807, 2.05) is 19.2 Å². The minimum absolute atomic E-state index is 0.0931. The Morgan fingerprint density at radius 1 is 1.24 bits per heavy atom. The zero-order valence-electron chi connectivity index (χ0n) is 13.2. The molecule has 2 aromatic carbocycles. The largest absolute Gasteiger partial charge is 0.323 e. The third kappa shape index (κ3) is 4.18. The van der Waals surface area contributed by atoms with Gasteiger partial charge in [-0.05, 0) is 24.3 Å². The number of aromatic nitrogens is 3. The first-order chi connectivity index (χ1) is 12.0. The second-order valence-corrected chi connectivity index (χ2v) is 6.57. The summed E-state index contributed by atoms with van der Waals surface area (Å²) in [6.45, 7) is 0. The standard InChI is InChI=1S/C17H14ClFN4OS/c1-23-16(11-5-4-6-12(18)9-11)21-22-17(23)25-10-15(24)20-14-8-3-2-7-13(14)19/h2-9H,10H2,1H3,(H,20,24). The molecule has 0 saturated heterocycles. The quantitative estimate of drug-likeness (QED) is 0.683. The van der Waals surface area contributed by atoms with E-state index in [1.54, 1.807) is 28.8 Å². The van der Waals surface area contributed by atoms with Crippen LogP contribution in [0.2, 0.25) is 5.02 Å². The Balaban J connectivity index is 1.66. The lowest BCUT2D eigenvalue weighted by Gasteiger charge is -2.06. The van der Waals surface area contributed by atoms with E-state index in [-0.39, 0.29) is 17.3 Å². The van der Waals surface area contributed by atoms with Crippen LogP contribution in [-0.4, -0.2) is 26.4 Å². The Bertz CT molecular complexity index is 915. The minimum atomic E-state index is -0.470. The van der Waals surface area contributed by atoms with Gasteiger partial charge in [0.2, 0.25) is 5.91 Å². The van der Waals surface area contributed by atoms with Crippen molar-refractivity contribution in [2.75, 3.05) is 11.1 Å². The van der Waals surface area contributed by atoms with E-state index in [1.165, 1.54) is 23.9 Å². The number of thioether (sulfide) groups is 1. The number of nitrogens with one attached hydrogen (secondary N) is 1. The van der Waals surface area contributed by atoms with Crippen molar-refractivity contribution >= 4 is 35.0 Å². The number of amides is 1. The van der Waals surface area contributed by atoms with E-state index < -0.39 is 5.82 Å². The fourth-order valence-electron chi connectivity index (χ4n) is 2.20. The van der Waals surface area contributed by atoms with Crippen molar-refractivity contribution in [3.8, 4) is 11.4 Å². The number of para-hydroxylation sites is 1. The zero-order valence-corrected chi connectivity index (χ0v) is 14.8. The summed E-state index contributed by atoms with van der Waals surface area (Å²) in [6, 6.07) is 13.3. The SMILES string of the molecule is Cn1c(SCC(=O)Nc2ccccc2F)nnc1-c1cccc(Cl)c1. The normalized spacial score (nSPS) is 10.7. The maximum absolute atomic E-state index is 13.5. The van der Waals surface area contributed by atoms with Crippen molar-refractivity contribution in [2.45, 2.75) is 5.16 Å². The first-order valence-electron chi connectivity index (χ1n) is 7.37. The molecule has 1 aromatic heterocycles. The van der Waals surface area contributed by atoms with E-state index in [9.17, 15) is 9.18 Å². The number of hydrogen-bond acceptors (Lipinski definition) is 4. The van der Waals surface area contributed by atoms with E-state index in [2.05, 4.69) is 15.5 Å². The number of hydrogen-bond donors (Lipinski definition) is 1. The lowest BCUT2D eigenvalue weighted by atomic mass is 10.2. The number of carbonyl (C=O) groups is 1. The summed E-state index contributed by atoms with van der Waals surface area (Å²) in [7, 11) is 1.81. The molecule has 0 unspecified atom stereocenters. The summed E-state index contributed by atoms with van der Waals surface area (Å²) in [5, 5.41) is 12.0. The molecule has 0 aliphatic carbocycles. The van der Waals surface area contributed by atoms with Crippen LogP contribution in [0.15, 0.2) is 53.7 Å². The van der Waals surface area contributed by atoms with Gasteiger partial charge in [0.1, 0.15) is 5.82 Å². The monoisotopic (exact) mass is 376 g/mol. The second-order valence-electron chi connectivity index (χ2n) is 5.19. The first kappa shape index (κ1) is 17.4. The molecule has 1 heterocycles. The smallest absolute Gasteiger partial charge is 0.234 e. The summed E-state index contributed by atoms with van der Waals surface area (Å²) in [6.07, 6.45) is 0. The summed E-state index contributed by atoms with van der Waals surface area (Å²) in [5.74, 6) is -0.0415. The van der Waals surface area contributed by atoms with Gasteiger partial charge < -0.3 is 9.88 Å². The van der Waals surface area contributed by atoms with Gasteiger partial charge in [-0.15, -0.1) is 10.2 Å². The van der Waals surface area contributed by atoms with E-state index >= 15 is 0 Å². The number of nitrogens with zero attached hydrogens (tertiary/aromatic N) is 3. The molecule has 0 fully saturated rings. The van der Waals surface area contributed by atoms with E-state index in [0.717, 1.165) is 5.56 Å². The molecular formula is C17H14ClFN4OS. The van der Waals surface area contributed by atoms with Gasteiger partial charge in [-0.2, -0.15) is 0 Å². The molecule has 0 aliphatic heterocycles. The fraction of sp³-hybridized carbons (Fsp3) is 0.118. The van der Waals surface area contributed by atoms with E-state index in [4.69, 9.17) is 11.6 Å². The van der Waals surface area contributed by atoms with Crippen LogP contribution in [0.3, 0.4) is 0 Å². The molecule has 0 atom stereocenters. The summed E-state index contributed by atoms with van der Waals surface area (Å²) in [4.78, 5) is 12.0. The van der Waals surface area contributed by atoms with Crippen LogP contribution in [0.5, 0.6) is 0 Å². The van der Waals surface area contributed by atoms with Gasteiger partial charge in [0.25, 0.3) is 0 Å². The predicted octanol–water partition coefficient (Wildman–Crippen LogP) is 4.01. The summed E-state index contributed by atoms with van der Waals surface area (Å²) < 4.78 is 15.3. The van der Waals surface area contributed by atoms with Crippen LogP contribution in [-0.2, 0) is 11.8 Å². The lowest BCUT2D eigenvalue weighted by molar-refractivity contribution is -0.113. The van der Waals surface area contributed by atoms with Crippen molar-refractivity contribution in [1.29, 1.82) is 0 Å². The third-order valence-electron chi connectivity index (χ3n) is 3.40. The predicted molar refractivity (Wildman–Crippen MR) is 97.2 cm³/mol. The Hall–Kier alpha value is -2.38. The van der Waals surface area contributed by atoms with Crippen LogP contribution in [0.25, 0.3) is 11.4 Å². The van der Waals surface area contributed by atoms with Gasteiger partial charge in [-0.1, -0.05) is 47.6 Å². The van der Waals surface area contributed by atoms with Gasteiger partial charge in [-0.3, -0.25) is 4.79 Å². The molecule has 0 saturated carbocycles. The average Bonchev–Trinajstić information content (AvgIpc) is 2.96. The van der Waals surface area contributed by atoms with Crippen LogP contribution < -0.4 is 5.32 Å². The molecule has 3 rings (SSSR count). The Morgan fingerprint density at radius 2 is 2.04 bits per heavy atom. The number of rotatable bonds is 5. The van der Waals surface area contributed by atoms with Gasteiger partial charge in [-0.25, -0.2) is 4.39 Å². The number of halogens is 2. The number of anilines is 1. The number of carbonyl (C=O) groups excluding carboxylic acids is 1. The Morgan fingerprint density at radius 3 is 2.80 bits per heavy atom. The summed E-state index contributed by atoms with van der Waals surface area (Å²) >= 11 is 7.22. The maximum Gasteiger partial charge on any atom is 0.234 e. The highest BCUT2D eigenvalue weighted by Crippen LogP contribution is 2.24. The molecular weight excluding hydrogens is 363 g/mol. The fourth-order valence-corrected chi connectivity index (χ4v) is 3.10. The van der Waals surface area contributed by atoms with Crippen molar-refractivity contribution in [3.63, 3.8) is 0 Å². The topological polar surface area (TPSA) is 59.8 Å². The van der Waals surface area contributed by atoms with Crippen LogP contribution >= 0.6 is 23.4 Å². The Kier molecular flexibility index (Phi) is 5.35. The van der Waals surface area contributed by atoms with Gasteiger partial charge >= 0.3 is 0 Å². The molecule has 3 aromatic rings. The van der Waals surface area contributed by atoms with Gasteiger partial charge in [0.05, 0.1) is 11.4 Å². The van der Waals surface area contributed by atoms with Gasteiger partial charge in [0.15, 0.2) is 11.0 Å². The van der Waals surface area contributed by atoms with Crippen molar-refractivity contribution in [2.24, 2.45) is 7.05 Å². The lowest BCUT2D eigenvalue weighted by Crippen LogP contribution is -2.15. The molecule has 0 aliphatic rings. The molecule has 0 spiro atoms. The van der Waals surface area contributed by atoms with E-state index in [0.29, 0.717) is 16.0 Å². The van der Waals surface area contributed by atoms with Gasteiger partial charge in [0, 0.05) is 17.6 Å². The molecule has 5 nitrogen and oxygen atoms in total. The van der Waals surface area contributed by atoms with Crippen LogP contribution in [0.1, 0.15) is 0 Å². The molecule has 0 radical (unpaired) electrons. The number of benzene rings is 2. The van der Waals surface area contributed by atoms with Crippen molar-refractivity contribution < 1.29 is 9.18 Å². The minimum Gasteiger partial charge on any atom is -0.323 e. The average molecular weight is 377 g/mol. The molecule has 1 amide bonds. The first-order valence-corrected chi connectivity index (χ1v) is 8.73. The third-order valence-corrected chi connectivity index (χ3v) is 4.65. The molecule has 128 valence electrons. The molecule has 8 heteroatoms. The zero-order chi connectivity index (χ0) is 17.8. The van der Waals surface area contributed by atoms with Crippen molar-refractivity contribution in [1.82, 2.24) is 14.8 Å². The van der Waals surface area contributed by atoms with Crippen molar-refractivity contribution in [3.05, 3.63) is 59.4 Å². The highest BCUT2D eigenvalue weighted by atomic mass is 35.5. The summed E-state index contributed by atoms with van der Waals surface area (Å²) in [5.41, 5.74) is 0.996. The highest BCUT2D eigenvalue weighted by molar-refractivity contribution is 7.99. The molecule has 25 heavy (non-hydrogen) atoms. The highest BCUT2D eigenvalue weighted by Gasteiger charge is 2.14. The second kappa shape index (κ2) is 7.67. The molecule has 1 N–H and O–H groups in total. The Labute approximate surface area is 153 Å². The van der Waals surface area contributed by atoms with Crippen LogP contribution in [0.4, 0.5) is 10.1 Å². The van der Waals surface area contributed by atoms with Crippen LogP contribution in [0, 0.1) is 5.82 Å².